The van der Waals surface area contributed by atoms with Crippen LogP contribution in [0.15, 0.2) is 18.2 Å². The van der Waals surface area contributed by atoms with Gasteiger partial charge in [-0.25, -0.2) is 8.42 Å². The first-order chi connectivity index (χ1) is 8.35. The summed E-state index contributed by atoms with van der Waals surface area (Å²) in [6.07, 6.45) is 2.30. The van der Waals surface area contributed by atoms with Crippen molar-refractivity contribution in [3.05, 3.63) is 29.3 Å². The summed E-state index contributed by atoms with van der Waals surface area (Å²) in [6, 6.07) is 4.90. The highest BCUT2D eigenvalue weighted by molar-refractivity contribution is 7.90. The quantitative estimate of drug-likeness (QED) is 0.840. The normalized spacial score (nSPS) is 16.9. The van der Waals surface area contributed by atoms with Crippen molar-refractivity contribution in [1.82, 2.24) is 0 Å². The summed E-state index contributed by atoms with van der Waals surface area (Å²) in [5, 5.41) is 2.78. The molecule has 1 aromatic rings. The number of carbonyl (C=O) groups is 1. The van der Waals surface area contributed by atoms with Gasteiger partial charge in [-0.15, -0.1) is 0 Å². The van der Waals surface area contributed by atoms with Gasteiger partial charge in [-0.05, 0) is 23.6 Å². The molecule has 1 heterocycles. The van der Waals surface area contributed by atoms with Crippen molar-refractivity contribution in [2.75, 3.05) is 17.3 Å². The first-order valence-corrected chi connectivity index (χ1v) is 7.77. The first kappa shape index (κ1) is 13.0. The highest BCUT2D eigenvalue weighted by Crippen LogP contribution is 2.25. The second-order valence-corrected chi connectivity index (χ2v) is 6.85. The van der Waals surface area contributed by atoms with Gasteiger partial charge in [-0.2, -0.15) is 0 Å². The van der Waals surface area contributed by atoms with Crippen LogP contribution in [0.25, 0.3) is 0 Å². The van der Waals surface area contributed by atoms with Gasteiger partial charge in [0.15, 0.2) is 0 Å². The third-order valence-electron chi connectivity index (χ3n) is 2.94. The number of sulfone groups is 1. The van der Waals surface area contributed by atoms with Crippen molar-refractivity contribution in [3.63, 3.8) is 0 Å². The van der Waals surface area contributed by atoms with Gasteiger partial charge >= 0.3 is 0 Å². The summed E-state index contributed by atoms with van der Waals surface area (Å²) in [7, 11) is -3.10. The highest BCUT2D eigenvalue weighted by atomic mass is 32.2. The van der Waals surface area contributed by atoms with Crippen molar-refractivity contribution < 1.29 is 13.2 Å². The minimum atomic E-state index is -3.10. The molecule has 1 atom stereocenters. The van der Waals surface area contributed by atoms with Gasteiger partial charge < -0.3 is 11.1 Å². The predicted molar refractivity (Wildman–Crippen MR) is 70.0 cm³/mol. The average Bonchev–Trinajstić information content (AvgIpc) is 2.26. The zero-order valence-electron chi connectivity index (χ0n) is 10.1. The number of nitrogens with one attached hydrogen (secondary N) is 1. The van der Waals surface area contributed by atoms with E-state index >= 15 is 0 Å². The van der Waals surface area contributed by atoms with Crippen molar-refractivity contribution >= 4 is 21.4 Å². The third kappa shape index (κ3) is 3.08. The fourth-order valence-electron chi connectivity index (χ4n) is 2.06. The van der Waals surface area contributed by atoms with E-state index < -0.39 is 15.9 Å². The fraction of sp³-hybridized carbons (Fsp3) is 0.417. The lowest BCUT2D eigenvalue weighted by Crippen LogP contribution is -2.22. The molecule has 1 amide bonds. The van der Waals surface area contributed by atoms with Crippen molar-refractivity contribution in [1.29, 1.82) is 0 Å². The zero-order valence-corrected chi connectivity index (χ0v) is 11.0. The SMILES string of the molecule is CS(=O)(=O)CC(N)c1ccc2c(c1)CCC(=O)N2. The Morgan fingerprint density at radius 1 is 1.39 bits per heavy atom. The molecule has 0 bridgehead atoms. The van der Waals surface area contributed by atoms with Gasteiger partial charge in [0.25, 0.3) is 0 Å². The van der Waals surface area contributed by atoms with Crippen LogP contribution in [-0.2, 0) is 21.1 Å². The van der Waals surface area contributed by atoms with Gasteiger partial charge in [0, 0.05) is 24.4 Å². The molecule has 0 aromatic heterocycles. The molecule has 0 radical (unpaired) electrons. The van der Waals surface area contributed by atoms with E-state index in [4.69, 9.17) is 5.73 Å². The number of benzene rings is 1. The van der Waals surface area contributed by atoms with Crippen LogP contribution >= 0.6 is 0 Å². The monoisotopic (exact) mass is 268 g/mol. The molecular weight excluding hydrogens is 252 g/mol. The molecule has 5 nitrogen and oxygen atoms in total. The van der Waals surface area contributed by atoms with Crippen LogP contribution in [0.3, 0.4) is 0 Å². The van der Waals surface area contributed by atoms with Crippen LogP contribution in [0.2, 0.25) is 0 Å². The number of aryl methyl sites for hydroxylation is 1. The Morgan fingerprint density at radius 3 is 2.78 bits per heavy atom. The van der Waals surface area contributed by atoms with Crippen LogP contribution in [-0.4, -0.2) is 26.3 Å². The molecular formula is C12H16N2O3S. The Balaban J connectivity index is 2.24. The highest BCUT2D eigenvalue weighted by Gasteiger charge is 2.18. The van der Waals surface area contributed by atoms with E-state index in [9.17, 15) is 13.2 Å². The molecule has 18 heavy (non-hydrogen) atoms. The van der Waals surface area contributed by atoms with E-state index in [1.54, 1.807) is 12.1 Å². The average molecular weight is 268 g/mol. The maximum Gasteiger partial charge on any atom is 0.224 e. The largest absolute Gasteiger partial charge is 0.326 e. The van der Waals surface area contributed by atoms with E-state index in [1.165, 1.54) is 6.26 Å². The molecule has 0 spiro atoms. The Labute approximate surface area is 106 Å². The summed E-state index contributed by atoms with van der Waals surface area (Å²) in [4.78, 5) is 11.2. The summed E-state index contributed by atoms with van der Waals surface area (Å²) in [5.41, 5.74) is 8.47. The number of amides is 1. The van der Waals surface area contributed by atoms with Gasteiger partial charge in [-0.1, -0.05) is 12.1 Å². The van der Waals surface area contributed by atoms with Crippen LogP contribution in [0.4, 0.5) is 5.69 Å². The number of anilines is 1. The minimum Gasteiger partial charge on any atom is -0.326 e. The van der Waals surface area contributed by atoms with Gasteiger partial charge in [0.2, 0.25) is 5.91 Å². The van der Waals surface area contributed by atoms with Crippen molar-refractivity contribution in [2.45, 2.75) is 18.9 Å². The molecule has 3 N–H and O–H groups in total. The Morgan fingerprint density at radius 2 is 2.11 bits per heavy atom. The molecule has 1 aliphatic heterocycles. The predicted octanol–water partition coefficient (Wildman–Crippen LogP) is 0.616. The van der Waals surface area contributed by atoms with E-state index in [0.717, 1.165) is 16.8 Å². The molecule has 1 aliphatic rings. The van der Waals surface area contributed by atoms with Crippen LogP contribution in [0.5, 0.6) is 0 Å². The van der Waals surface area contributed by atoms with Gasteiger partial charge in [0.1, 0.15) is 9.84 Å². The lowest BCUT2D eigenvalue weighted by atomic mass is 9.98. The molecule has 0 aliphatic carbocycles. The molecule has 6 heteroatoms. The van der Waals surface area contributed by atoms with E-state index in [-0.39, 0.29) is 11.7 Å². The van der Waals surface area contributed by atoms with Crippen molar-refractivity contribution in [3.8, 4) is 0 Å². The third-order valence-corrected chi connectivity index (χ3v) is 3.90. The second-order valence-electron chi connectivity index (χ2n) is 4.66. The molecule has 0 saturated carbocycles. The summed E-state index contributed by atoms with van der Waals surface area (Å²) in [6.45, 7) is 0. The van der Waals surface area contributed by atoms with Gasteiger partial charge in [-0.3, -0.25) is 4.79 Å². The van der Waals surface area contributed by atoms with Crippen LogP contribution < -0.4 is 11.1 Å². The molecule has 98 valence electrons. The summed E-state index contributed by atoms with van der Waals surface area (Å²) in [5.74, 6) is -0.0614. The van der Waals surface area contributed by atoms with Crippen molar-refractivity contribution in [2.24, 2.45) is 5.73 Å². The van der Waals surface area contributed by atoms with Crippen LogP contribution in [0, 0.1) is 0 Å². The summed E-state index contributed by atoms with van der Waals surface area (Å²) >= 11 is 0. The lowest BCUT2D eigenvalue weighted by Gasteiger charge is -2.19. The number of fused-ring (bicyclic) bond motifs is 1. The van der Waals surface area contributed by atoms with E-state index in [0.29, 0.717) is 12.8 Å². The Bertz CT molecular complexity index is 581. The number of carbonyl (C=O) groups excluding carboxylic acids is 1. The Hall–Kier alpha value is -1.40. The summed E-state index contributed by atoms with van der Waals surface area (Å²) < 4.78 is 22.4. The smallest absolute Gasteiger partial charge is 0.224 e. The van der Waals surface area contributed by atoms with Gasteiger partial charge in [0.05, 0.1) is 5.75 Å². The number of hydrogen-bond donors (Lipinski definition) is 2. The molecule has 1 aromatic carbocycles. The number of hydrogen-bond acceptors (Lipinski definition) is 4. The Kier molecular flexibility index (Phi) is 3.41. The second kappa shape index (κ2) is 4.70. The maximum atomic E-state index is 11.2. The zero-order chi connectivity index (χ0) is 13.3. The molecule has 0 saturated heterocycles. The molecule has 2 rings (SSSR count). The molecule has 1 unspecified atom stereocenters. The minimum absolute atomic E-state index is 0.00989. The van der Waals surface area contributed by atoms with Crippen LogP contribution in [0.1, 0.15) is 23.6 Å². The fourth-order valence-corrected chi connectivity index (χ4v) is 2.90. The maximum absolute atomic E-state index is 11.2. The molecule has 0 fully saturated rings. The lowest BCUT2D eigenvalue weighted by molar-refractivity contribution is -0.116. The number of nitrogens with two attached hydrogens (primary N) is 1. The van der Waals surface area contributed by atoms with E-state index in [2.05, 4.69) is 5.32 Å². The van der Waals surface area contributed by atoms with E-state index in [1.807, 2.05) is 6.07 Å². The number of rotatable bonds is 3. The topological polar surface area (TPSA) is 89.3 Å². The first-order valence-electron chi connectivity index (χ1n) is 5.71. The standard InChI is InChI=1S/C12H16N2O3S/c1-18(16,17)7-10(13)8-2-4-11-9(6-8)3-5-12(15)14-11/h2,4,6,10H,3,5,7,13H2,1H3,(H,14,15).